The molecule has 1 amide bonds. The molecule has 0 atom stereocenters. The monoisotopic (exact) mass is 526 g/mol. The van der Waals surface area contributed by atoms with Crippen LogP contribution >= 0.6 is 11.8 Å². The fourth-order valence-electron chi connectivity index (χ4n) is 3.33. The number of amides is 1. The van der Waals surface area contributed by atoms with E-state index in [0.29, 0.717) is 22.2 Å². The first-order valence-electron chi connectivity index (χ1n) is 10.9. The van der Waals surface area contributed by atoms with Crippen molar-refractivity contribution in [1.82, 2.24) is 20.2 Å². The maximum Gasteiger partial charge on any atom is 0.416 e. The van der Waals surface area contributed by atoms with E-state index in [1.54, 1.807) is 30.3 Å². The molecular weight excluding hydrogens is 505 g/mol. The van der Waals surface area contributed by atoms with Gasteiger partial charge in [0.2, 0.25) is 5.16 Å². The summed E-state index contributed by atoms with van der Waals surface area (Å²) in [7, 11) is 1.52. The van der Waals surface area contributed by atoms with E-state index in [2.05, 4.69) is 20.6 Å². The van der Waals surface area contributed by atoms with Crippen molar-refractivity contribution in [2.75, 3.05) is 17.9 Å². The van der Waals surface area contributed by atoms with Crippen molar-refractivity contribution in [2.45, 2.75) is 18.3 Å². The molecule has 0 aliphatic rings. The van der Waals surface area contributed by atoms with E-state index in [1.165, 1.54) is 30.1 Å². The molecule has 4 rings (SSSR count). The van der Waals surface area contributed by atoms with Crippen molar-refractivity contribution in [2.24, 2.45) is 5.10 Å². The number of hydrogen-bond donors (Lipinski definition) is 0. The van der Waals surface area contributed by atoms with Crippen molar-refractivity contribution in [3.05, 3.63) is 89.5 Å². The van der Waals surface area contributed by atoms with Crippen molar-refractivity contribution in [1.29, 1.82) is 0 Å². The Balaban J connectivity index is 1.61. The van der Waals surface area contributed by atoms with Crippen LogP contribution < -0.4 is 9.75 Å². The van der Waals surface area contributed by atoms with Crippen LogP contribution in [0.3, 0.4) is 0 Å². The van der Waals surface area contributed by atoms with Crippen molar-refractivity contribution in [3.8, 4) is 11.4 Å². The van der Waals surface area contributed by atoms with E-state index >= 15 is 0 Å². The van der Waals surface area contributed by atoms with Gasteiger partial charge in [0.25, 0.3) is 5.91 Å². The summed E-state index contributed by atoms with van der Waals surface area (Å²) < 4.78 is 46.8. The van der Waals surface area contributed by atoms with Gasteiger partial charge in [0.05, 0.1) is 30.3 Å². The van der Waals surface area contributed by atoms with Gasteiger partial charge in [-0.2, -0.15) is 23.0 Å². The zero-order valence-electron chi connectivity index (χ0n) is 19.8. The predicted octanol–water partition coefficient (Wildman–Crippen LogP) is 5.16. The Morgan fingerprint density at radius 3 is 2.62 bits per heavy atom. The molecule has 0 aliphatic carbocycles. The third-order valence-corrected chi connectivity index (χ3v) is 6.01. The highest BCUT2D eigenvalue weighted by atomic mass is 32.2. The fourth-order valence-corrected chi connectivity index (χ4v) is 4.05. The third kappa shape index (κ3) is 6.33. The third-order valence-electron chi connectivity index (χ3n) is 5.10. The van der Waals surface area contributed by atoms with Crippen LogP contribution in [0.4, 0.5) is 18.9 Å². The van der Waals surface area contributed by atoms with Gasteiger partial charge in [-0.1, -0.05) is 54.2 Å². The van der Waals surface area contributed by atoms with Crippen LogP contribution in [-0.4, -0.2) is 45.2 Å². The maximum absolute atomic E-state index is 13.3. The molecule has 1 heterocycles. The summed E-state index contributed by atoms with van der Waals surface area (Å²) in [6, 6.07) is 18.8. The molecule has 4 aromatic rings. The highest BCUT2D eigenvalue weighted by Crippen LogP contribution is 2.32. The highest BCUT2D eigenvalue weighted by molar-refractivity contribution is 7.99. The standard InChI is InChI=1S/C25H21F3N6O2S/c1-17-11-12-22(36-2)21(13-17)34-24(30-31-32-34)37-16-23(35)33(29-15-18-7-4-3-5-8-18)20-10-6-9-19(14-20)25(26,27)28/h3-15H,16H2,1-2H3/b29-15+. The lowest BCUT2D eigenvalue weighted by molar-refractivity contribution is -0.137. The molecule has 3 aromatic carbocycles. The van der Waals surface area contributed by atoms with Gasteiger partial charge >= 0.3 is 6.18 Å². The summed E-state index contributed by atoms with van der Waals surface area (Å²) in [5, 5.41) is 17.2. The van der Waals surface area contributed by atoms with Gasteiger partial charge < -0.3 is 4.74 Å². The number of aromatic nitrogens is 4. The molecule has 1 aromatic heterocycles. The number of aryl methyl sites for hydroxylation is 1. The number of halogens is 3. The van der Waals surface area contributed by atoms with Crippen molar-refractivity contribution >= 4 is 29.6 Å². The predicted molar refractivity (Wildman–Crippen MR) is 134 cm³/mol. The Hall–Kier alpha value is -4.19. The average molecular weight is 527 g/mol. The molecular formula is C25H21F3N6O2S. The van der Waals surface area contributed by atoms with E-state index in [-0.39, 0.29) is 11.4 Å². The highest BCUT2D eigenvalue weighted by Gasteiger charge is 2.31. The second-order valence-corrected chi connectivity index (χ2v) is 8.69. The zero-order chi connectivity index (χ0) is 26.4. The van der Waals surface area contributed by atoms with Gasteiger partial charge in [-0.25, -0.2) is 5.01 Å². The molecule has 8 nitrogen and oxygen atoms in total. The van der Waals surface area contributed by atoms with Crippen LogP contribution in [0.2, 0.25) is 0 Å². The lowest BCUT2D eigenvalue weighted by Crippen LogP contribution is -2.28. The summed E-state index contributed by atoms with van der Waals surface area (Å²) in [6.07, 6.45) is -3.16. The van der Waals surface area contributed by atoms with E-state index < -0.39 is 17.6 Å². The Kier molecular flexibility index (Phi) is 7.87. The minimum atomic E-state index is -4.57. The smallest absolute Gasteiger partial charge is 0.416 e. The van der Waals surface area contributed by atoms with E-state index in [0.717, 1.165) is 34.5 Å². The molecule has 0 saturated carbocycles. The van der Waals surface area contributed by atoms with Gasteiger partial charge in [0.1, 0.15) is 11.4 Å². The molecule has 0 bridgehead atoms. The summed E-state index contributed by atoms with van der Waals surface area (Å²) in [4.78, 5) is 13.3. The van der Waals surface area contributed by atoms with Gasteiger partial charge in [-0.15, -0.1) is 5.10 Å². The molecule has 12 heteroatoms. The quantitative estimate of drug-likeness (QED) is 0.179. The Bertz CT molecular complexity index is 1410. The van der Waals surface area contributed by atoms with E-state index in [9.17, 15) is 18.0 Å². The Morgan fingerprint density at radius 1 is 1.11 bits per heavy atom. The molecule has 0 spiro atoms. The SMILES string of the molecule is COc1ccc(C)cc1-n1nnnc1SCC(=O)N(/N=C/c1ccccc1)c1cccc(C(F)(F)F)c1. The number of carbonyl (C=O) groups excluding carboxylic acids is 1. The average Bonchev–Trinajstić information content (AvgIpc) is 3.36. The Morgan fingerprint density at radius 2 is 1.89 bits per heavy atom. The van der Waals surface area contributed by atoms with Gasteiger partial charge in [-0.3, -0.25) is 4.79 Å². The number of benzene rings is 3. The topological polar surface area (TPSA) is 85.5 Å². The number of alkyl halides is 3. The van der Waals surface area contributed by atoms with Crippen LogP contribution in [0.1, 0.15) is 16.7 Å². The van der Waals surface area contributed by atoms with E-state index in [4.69, 9.17) is 4.74 Å². The number of nitrogens with zero attached hydrogens (tertiary/aromatic N) is 6. The summed E-state index contributed by atoms with van der Waals surface area (Å²) in [5.74, 6) is -0.233. The van der Waals surface area contributed by atoms with Crippen LogP contribution in [0.25, 0.3) is 5.69 Å². The number of rotatable bonds is 8. The molecule has 0 aliphatic heterocycles. The number of hydrazone groups is 1. The molecule has 0 unspecified atom stereocenters. The molecule has 37 heavy (non-hydrogen) atoms. The minimum Gasteiger partial charge on any atom is -0.494 e. The number of carbonyl (C=O) groups is 1. The second kappa shape index (κ2) is 11.2. The minimum absolute atomic E-state index is 0.0208. The molecule has 0 fully saturated rings. The second-order valence-electron chi connectivity index (χ2n) is 7.75. The summed E-state index contributed by atoms with van der Waals surface area (Å²) in [6.45, 7) is 1.90. The first-order chi connectivity index (χ1) is 17.8. The van der Waals surface area contributed by atoms with Gasteiger partial charge in [0, 0.05) is 0 Å². The van der Waals surface area contributed by atoms with Crippen molar-refractivity contribution < 1.29 is 22.7 Å². The number of methoxy groups -OCH3 is 1. The fraction of sp³-hybridized carbons (Fsp3) is 0.160. The number of tetrazole rings is 1. The van der Waals surface area contributed by atoms with Crippen LogP contribution in [-0.2, 0) is 11.0 Å². The number of hydrogen-bond acceptors (Lipinski definition) is 7. The van der Waals surface area contributed by atoms with Crippen LogP contribution in [0.15, 0.2) is 83.1 Å². The van der Waals surface area contributed by atoms with Crippen molar-refractivity contribution in [3.63, 3.8) is 0 Å². The Labute approximate surface area is 214 Å². The lowest BCUT2D eigenvalue weighted by atomic mass is 10.2. The zero-order valence-corrected chi connectivity index (χ0v) is 20.6. The molecule has 0 saturated heterocycles. The van der Waals surface area contributed by atoms with E-state index in [1.807, 2.05) is 25.1 Å². The first kappa shape index (κ1) is 25.9. The van der Waals surface area contributed by atoms with Gasteiger partial charge in [0.15, 0.2) is 0 Å². The largest absolute Gasteiger partial charge is 0.494 e. The molecule has 0 radical (unpaired) electrons. The normalized spacial score (nSPS) is 11.6. The summed E-state index contributed by atoms with van der Waals surface area (Å²) in [5.41, 5.74) is 1.30. The molecule has 190 valence electrons. The van der Waals surface area contributed by atoms with Gasteiger partial charge in [-0.05, 0) is 58.8 Å². The summed E-state index contributed by atoms with van der Waals surface area (Å²) >= 11 is 1.02. The first-order valence-corrected chi connectivity index (χ1v) is 11.9. The lowest BCUT2D eigenvalue weighted by Gasteiger charge is -2.18. The number of ether oxygens (including phenoxy) is 1. The van der Waals surface area contributed by atoms with Crippen LogP contribution in [0, 0.1) is 6.92 Å². The number of anilines is 1. The number of thioether (sulfide) groups is 1. The molecule has 0 N–H and O–H groups in total. The van der Waals surface area contributed by atoms with Crippen LogP contribution in [0.5, 0.6) is 5.75 Å². The maximum atomic E-state index is 13.3.